The summed E-state index contributed by atoms with van der Waals surface area (Å²) in [5.41, 5.74) is 2.33. The number of rotatable bonds is 5. The number of nitrogens with zero attached hydrogens (tertiary/aromatic N) is 3. The highest BCUT2D eigenvalue weighted by Gasteiger charge is 2.09. The van der Waals surface area contributed by atoms with Gasteiger partial charge in [0.2, 0.25) is 5.91 Å². The summed E-state index contributed by atoms with van der Waals surface area (Å²) in [5, 5.41) is 2.84. The van der Waals surface area contributed by atoms with E-state index >= 15 is 0 Å². The lowest BCUT2D eigenvalue weighted by Crippen LogP contribution is -2.27. The first-order valence-corrected chi connectivity index (χ1v) is 7.41. The fourth-order valence-electron chi connectivity index (χ4n) is 2.50. The average molecular weight is 312 g/mol. The second-order valence-corrected chi connectivity index (χ2v) is 5.34. The molecule has 1 amide bonds. The second-order valence-electron chi connectivity index (χ2n) is 5.34. The molecule has 0 aliphatic heterocycles. The molecule has 3 rings (SSSR count). The first-order valence-electron chi connectivity index (χ1n) is 7.41. The van der Waals surface area contributed by atoms with Gasteiger partial charge in [0.15, 0.2) is 5.65 Å². The van der Waals surface area contributed by atoms with E-state index in [1.54, 1.807) is 18.3 Å². The number of halogens is 1. The molecule has 5 nitrogen and oxygen atoms in total. The van der Waals surface area contributed by atoms with Crippen molar-refractivity contribution in [3.63, 3.8) is 0 Å². The highest BCUT2D eigenvalue weighted by Crippen LogP contribution is 2.11. The molecule has 0 spiro atoms. The Balaban J connectivity index is 1.56. The fraction of sp³-hybridized carbons (Fsp3) is 0.235. The number of aryl methyl sites for hydroxylation is 1. The molecule has 1 aromatic carbocycles. The molecule has 0 fully saturated rings. The number of hydrogen-bond donors (Lipinski definition) is 1. The van der Waals surface area contributed by atoms with Gasteiger partial charge in [-0.15, -0.1) is 0 Å². The van der Waals surface area contributed by atoms with Crippen LogP contribution in [0.2, 0.25) is 0 Å². The molecule has 0 aliphatic carbocycles. The molecule has 0 radical (unpaired) electrons. The van der Waals surface area contributed by atoms with E-state index in [0.29, 0.717) is 18.5 Å². The Kier molecular flexibility index (Phi) is 4.32. The number of benzene rings is 1. The van der Waals surface area contributed by atoms with Gasteiger partial charge in [-0.3, -0.25) is 4.79 Å². The van der Waals surface area contributed by atoms with Crippen LogP contribution in [0.25, 0.3) is 11.2 Å². The van der Waals surface area contributed by atoms with Gasteiger partial charge in [-0.05, 0) is 29.8 Å². The minimum absolute atomic E-state index is 0.132. The average Bonchev–Trinajstić information content (AvgIpc) is 2.84. The molecule has 3 aromatic rings. The van der Waals surface area contributed by atoms with Gasteiger partial charge >= 0.3 is 0 Å². The summed E-state index contributed by atoms with van der Waals surface area (Å²) in [6, 6.07) is 9.83. The fourth-order valence-corrected chi connectivity index (χ4v) is 2.50. The highest BCUT2D eigenvalue weighted by atomic mass is 19.1. The van der Waals surface area contributed by atoms with Crippen LogP contribution in [0.5, 0.6) is 0 Å². The number of pyridine rings is 1. The Morgan fingerprint density at radius 1 is 1.30 bits per heavy atom. The zero-order valence-corrected chi connectivity index (χ0v) is 12.8. The van der Waals surface area contributed by atoms with Gasteiger partial charge in [0.05, 0.1) is 6.42 Å². The Morgan fingerprint density at radius 2 is 2.17 bits per heavy atom. The summed E-state index contributed by atoms with van der Waals surface area (Å²) in [6.07, 6.45) is 2.51. The van der Waals surface area contributed by atoms with Crippen molar-refractivity contribution in [2.45, 2.75) is 12.8 Å². The van der Waals surface area contributed by atoms with Crippen molar-refractivity contribution in [1.29, 1.82) is 0 Å². The number of fused-ring (bicyclic) bond motifs is 1. The van der Waals surface area contributed by atoms with Gasteiger partial charge in [-0.2, -0.15) is 0 Å². The van der Waals surface area contributed by atoms with Crippen LogP contribution < -0.4 is 5.32 Å². The van der Waals surface area contributed by atoms with Gasteiger partial charge in [0, 0.05) is 26.2 Å². The van der Waals surface area contributed by atoms with E-state index < -0.39 is 0 Å². The van der Waals surface area contributed by atoms with E-state index in [4.69, 9.17) is 0 Å². The molecule has 1 N–H and O–H groups in total. The zero-order chi connectivity index (χ0) is 16.2. The van der Waals surface area contributed by atoms with Gasteiger partial charge < -0.3 is 9.88 Å². The SMILES string of the molecule is Cn1c(CCNC(=O)Cc2cccc(F)c2)nc2cccnc21. The monoisotopic (exact) mass is 312 g/mol. The number of hydrogen-bond acceptors (Lipinski definition) is 3. The van der Waals surface area contributed by atoms with Crippen LogP contribution in [0.4, 0.5) is 4.39 Å². The third-order valence-electron chi connectivity index (χ3n) is 3.64. The molecule has 23 heavy (non-hydrogen) atoms. The lowest BCUT2D eigenvalue weighted by Gasteiger charge is -2.06. The number of carbonyl (C=O) groups excluding carboxylic acids is 1. The number of aromatic nitrogens is 3. The molecule has 0 atom stereocenters. The standard InChI is InChI=1S/C17H17FN4O/c1-22-15(21-14-6-3-8-20-17(14)22)7-9-19-16(23)11-12-4-2-5-13(18)10-12/h2-6,8,10H,7,9,11H2,1H3,(H,19,23). The molecule has 2 heterocycles. The Morgan fingerprint density at radius 3 is 2.96 bits per heavy atom. The number of carbonyl (C=O) groups is 1. The van der Waals surface area contributed by atoms with Crippen LogP contribution in [0.15, 0.2) is 42.6 Å². The highest BCUT2D eigenvalue weighted by molar-refractivity contribution is 5.78. The quantitative estimate of drug-likeness (QED) is 0.784. The van der Waals surface area contributed by atoms with Gasteiger partial charge in [0.25, 0.3) is 0 Å². The summed E-state index contributed by atoms with van der Waals surface area (Å²) in [4.78, 5) is 20.7. The largest absolute Gasteiger partial charge is 0.355 e. The van der Waals surface area contributed by atoms with Gasteiger partial charge in [-0.25, -0.2) is 14.4 Å². The Labute approximate surface area is 133 Å². The lowest BCUT2D eigenvalue weighted by molar-refractivity contribution is -0.120. The van der Waals surface area contributed by atoms with Crippen LogP contribution >= 0.6 is 0 Å². The number of imidazole rings is 1. The summed E-state index contributed by atoms with van der Waals surface area (Å²) >= 11 is 0. The molecule has 0 bridgehead atoms. The van der Waals surface area contributed by atoms with Crippen molar-refractivity contribution < 1.29 is 9.18 Å². The summed E-state index contributed by atoms with van der Waals surface area (Å²) in [7, 11) is 1.91. The van der Waals surface area contributed by atoms with Crippen molar-refractivity contribution in [1.82, 2.24) is 19.9 Å². The van der Waals surface area contributed by atoms with Crippen LogP contribution in [-0.4, -0.2) is 27.0 Å². The van der Waals surface area contributed by atoms with Crippen LogP contribution in [0.3, 0.4) is 0 Å². The predicted octanol–water partition coefficient (Wildman–Crippen LogP) is 2.01. The molecule has 0 aliphatic rings. The van der Waals surface area contributed by atoms with Crippen molar-refractivity contribution in [2.24, 2.45) is 7.05 Å². The summed E-state index contributed by atoms with van der Waals surface area (Å²) in [6.45, 7) is 0.477. The van der Waals surface area contributed by atoms with Gasteiger partial charge in [0.1, 0.15) is 17.2 Å². The van der Waals surface area contributed by atoms with Crippen molar-refractivity contribution in [3.05, 3.63) is 59.8 Å². The van der Waals surface area contributed by atoms with E-state index in [-0.39, 0.29) is 18.1 Å². The molecular weight excluding hydrogens is 295 g/mol. The maximum Gasteiger partial charge on any atom is 0.224 e. The summed E-state index contributed by atoms with van der Waals surface area (Å²) < 4.78 is 15.0. The minimum Gasteiger partial charge on any atom is -0.355 e. The number of amides is 1. The Bertz CT molecular complexity index is 843. The maximum atomic E-state index is 13.1. The summed E-state index contributed by atoms with van der Waals surface area (Å²) in [5.74, 6) is 0.403. The van der Waals surface area contributed by atoms with E-state index in [1.807, 2.05) is 23.7 Å². The molecular formula is C17H17FN4O. The topological polar surface area (TPSA) is 59.8 Å². The van der Waals surface area contributed by atoms with E-state index in [9.17, 15) is 9.18 Å². The van der Waals surface area contributed by atoms with E-state index in [2.05, 4.69) is 15.3 Å². The Hall–Kier alpha value is -2.76. The lowest BCUT2D eigenvalue weighted by atomic mass is 10.1. The van der Waals surface area contributed by atoms with Crippen molar-refractivity contribution in [2.75, 3.05) is 6.54 Å². The third-order valence-corrected chi connectivity index (χ3v) is 3.64. The maximum absolute atomic E-state index is 13.1. The molecule has 6 heteroatoms. The third kappa shape index (κ3) is 3.53. The molecule has 0 unspecified atom stereocenters. The van der Waals surface area contributed by atoms with E-state index in [1.165, 1.54) is 12.1 Å². The molecule has 2 aromatic heterocycles. The molecule has 0 saturated carbocycles. The first-order chi connectivity index (χ1) is 11.1. The number of nitrogens with one attached hydrogen (secondary N) is 1. The molecule has 118 valence electrons. The normalized spacial score (nSPS) is 10.9. The van der Waals surface area contributed by atoms with Crippen LogP contribution in [-0.2, 0) is 24.7 Å². The first kappa shape index (κ1) is 15.1. The minimum atomic E-state index is -0.331. The second kappa shape index (κ2) is 6.56. The smallest absolute Gasteiger partial charge is 0.224 e. The van der Waals surface area contributed by atoms with E-state index in [0.717, 1.165) is 17.0 Å². The van der Waals surface area contributed by atoms with Crippen LogP contribution in [0.1, 0.15) is 11.4 Å². The van der Waals surface area contributed by atoms with Crippen LogP contribution in [0, 0.1) is 5.82 Å². The molecule has 0 saturated heterocycles. The predicted molar refractivity (Wildman–Crippen MR) is 85.3 cm³/mol. The van der Waals surface area contributed by atoms with Crippen molar-refractivity contribution in [3.8, 4) is 0 Å². The van der Waals surface area contributed by atoms with Gasteiger partial charge in [-0.1, -0.05) is 12.1 Å². The zero-order valence-electron chi connectivity index (χ0n) is 12.8. The van der Waals surface area contributed by atoms with Crippen molar-refractivity contribution >= 4 is 17.1 Å².